The van der Waals surface area contributed by atoms with E-state index in [2.05, 4.69) is 25.2 Å². The summed E-state index contributed by atoms with van der Waals surface area (Å²) in [6.07, 6.45) is 4.24. The summed E-state index contributed by atoms with van der Waals surface area (Å²) in [5.41, 5.74) is 8.41. The molecular weight excluding hydrogens is 364 g/mol. The number of nitrogens with zero attached hydrogens (tertiary/aromatic N) is 3. The number of aryl methyl sites for hydroxylation is 1. The Hall–Kier alpha value is -2.64. The van der Waals surface area contributed by atoms with Crippen molar-refractivity contribution in [3.63, 3.8) is 0 Å². The quantitative estimate of drug-likeness (QED) is 0.640. The Morgan fingerprint density at radius 1 is 1.41 bits per heavy atom. The molecule has 3 heterocycles. The fraction of sp³-hybridized carbons (Fsp3) is 0.316. The zero-order valence-corrected chi connectivity index (χ0v) is 15.8. The van der Waals surface area contributed by atoms with Crippen molar-refractivity contribution in [2.45, 2.75) is 18.9 Å². The second-order valence-corrected chi connectivity index (χ2v) is 7.50. The first-order valence-electron chi connectivity index (χ1n) is 8.82. The van der Waals surface area contributed by atoms with E-state index in [-0.39, 0.29) is 5.91 Å². The Morgan fingerprint density at radius 3 is 3.04 bits per heavy atom. The first-order chi connectivity index (χ1) is 13.0. The van der Waals surface area contributed by atoms with Gasteiger partial charge in [0, 0.05) is 25.8 Å². The van der Waals surface area contributed by atoms with Crippen LogP contribution in [0.4, 0.5) is 5.82 Å². The minimum atomic E-state index is -0.529. The number of carbonyl (C=O) groups excluding carboxylic acids is 1. The molecule has 1 aliphatic rings. The normalized spacial score (nSPS) is 19.6. The number of aromatic amines is 1. The number of hydrogen-bond donors (Lipinski definition) is 3. The van der Waals surface area contributed by atoms with Gasteiger partial charge in [0.25, 0.3) is 5.91 Å². The molecule has 1 saturated heterocycles. The smallest absolute Gasteiger partial charge is 0.252 e. The van der Waals surface area contributed by atoms with Gasteiger partial charge in [0.2, 0.25) is 0 Å². The van der Waals surface area contributed by atoms with Gasteiger partial charge >= 0.3 is 0 Å². The lowest BCUT2D eigenvalue weighted by molar-refractivity contribution is 0.0945. The average Bonchev–Trinajstić information content (AvgIpc) is 3.24. The molecule has 4 N–H and O–H groups in total. The molecule has 0 bridgehead atoms. The SMILES string of the molecule is Cc1c[nH]c2ncnc(N3CC[C@](N)(CNC(=O)c4ccccc4Cl)C3)c12. The predicted molar refractivity (Wildman–Crippen MR) is 106 cm³/mol. The zero-order valence-electron chi connectivity index (χ0n) is 15.0. The Morgan fingerprint density at radius 2 is 2.22 bits per heavy atom. The number of benzene rings is 1. The zero-order chi connectivity index (χ0) is 19.0. The molecule has 1 amide bonds. The molecule has 1 atom stereocenters. The van der Waals surface area contributed by atoms with Crippen LogP contribution in [0.5, 0.6) is 0 Å². The van der Waals surface area contributed by atoms with Crippen molar-refractivity contribution < 1.29 is 4.79 Å². The van der Waals surface area contributed by atoms with Gasteiger partial charge in [-0.25, -0.2) is 9.97 Å². The number of anilines is 1. The lowest BCUT2D eigenvalue weighted by Crippen LogP contribution is -2.52. The van der Waals surface area contributed by atoms with Crippen molar-refractivity contribution in [2.24, 2.45) is 5.73 Å². The van der Waals surface area contributed by atoms with Crippen LogP contribution in [0.2, 0.25) is 5.02 Å². The van der Waals surface area contributed by atoms with Gasteiger partial charge < -0.3 is 20.9 Å². The van der Waals surface area contributed by atoms with Crippen LogP contribution in [0, 0.1) is 6.92 Å². The standard InChI is InChI=1S/C19H21ClN6O/c1-12-8-22-16-15(12)17(25-11-24-16)26-7-6-19(21,10-26)9-23-18(27)13-4-2-3-5-14(13)20/h2-5,8,11H,6-7,9-10,21H2,1H3,(H,23,27)(H,22,24,25)/t19-/m0/s1. The van der Waals surface area contributed by atoms with Gasteiger partial charge in [-0.2, -0.15) is 0 Å². The molecule has 7 nitrogen and oxygen atoms in total. The molecule has 4 rings (SSSR count). The summed E-state index contributed by atoms with van der Waals surface area (Å²) in [5.74, 6) is 0.665. The Bertz CT molecular complexity index is 1000. The minimum Gasteiger partial charge on any atom is -0.354 e. The minimum absolute atomic E-state index is 0.213. The Balaban J connectivity index is 1.47. The highest BCUT2D eigenvalue weighted by molar-refractivity contribution is 6.33. The van der Waals surface area contributed by atoms with E-state index < -0.39 is 5.54 Å². The number of nitrogens with two attached hydrogens (primary N) is 1. The van der Waals surface area contributed by atoms with Crippen molar-refractivity contribution >= 4 is 34.4 Å². The van der Waals surface area contributed by atoms with Crippen molar-refractivity contribution in [3.05, 3.63) is 52.9 Å². The van der Waals surface area contributed by atoms with Crippen molar-refractivity contribution in [1.29, 1.82) is 0 Å². The maximum Gasteiger partial charge on any atom is 0.252 e. The summed E-state index contributed by atoms with van der Waals surface area (Å²) < 4.78 is 0. The molecule has 27 heavy (non-hydrogen) atoms. The van der Waals surface area contributed by atoms with E-state index in [1.54, 1.807) is 30.6 Å². The lowest BCUT2D eigenvalue weighted by atomic mass is 10.00. The molecule has 3 aromatic rings. The van der Waals surface area contributed by atoms with E-state index >= 15 is 0 Å². The second kappa shape index (κ2) is 6.83. The maximum atomic E-state index is 12.4. The van der Waals surface area contributed by atoms with E-state index in [0.717, 1.165) is 35.4 Å². The summed E-state index contributed by atoms with van der Waals surface area (Å²) in [6.45, 7) is 3.77. The molecule has 8 heteroatoms. The van der Waals surface area contributed by atoms with E-state index in [1.165, 1.54) is 0 Å². The molecular formula is C19H21ClN6O. The Labute approximate surface area is 161 Å². The molecule has 0 radical (unpaired) electrons. The van der Waals surface area contributed by atoms with Gasteiger partial charge in [-0.1, -0.05) is 23.7 Å². The average molecular weight is 385 g/mol. The van der Waals surface area contributed by atoms with Gasteiger partial charge in [0.05, 0.1) is 21.5 Å². The van der Waals surface area contributed by atoms with Crippen LogP contribution in [-0.4, -0.2) is 46.0 Å². The molecule has 1 aliphatic heterocycles. The molecule has 0 aliphatic carbocycles. The largest absolute Gasteiger partial charge is 0.354 e. The predicted octanol–water partition coefficient (Wildman–Crippen LogP) is 2.26. The summed E-state index contributed by atoms with van der Waals surface area (Å²) in [5, 5.41) is 4.37. The molecule has 1 aromatic carbocycles. The van der Waals surface area contributed by atoms with E-state index in [0.29, 0.717) is 23.7 Å². The number of fused-ring (bicyclic) bond motifs is 1. The maximum absolute atomic E-state index is 12.4. The van der Waals surface area contributed by atoms with Gasteiger partial charge in [-0.3, -0.25) is 4.79 Å². The van der Waals surface area contributed by atoms with Crippen molar-refractivity contribution in [3.8, 4) is 0 Å². The third kappa shape index (κ3) is 3.36. The molecule has 1 fully saturated rings. The molecule has 140 valence electrons. The number of carbonyl (C=O) groups is 1. The fourth-order valence-corrected chi connectivity index (χ4v) is 3.78. The van der Waals surface area contributed by atoms with Crippen molar-refractivity contribution in [1.82, 2.24) is 20.3 Å². The van der Waals surface area contributed by atoms with E-state index in [1.807, 2.05) is 13.1 Å². The highest BCUT2D eigenvalue weighted by atomic mass is 35.5. The molecule has 0 spiro atoms. The van der Waals surface area contributed by atoms with Gasteiger partial charge in [-0.05, 0) is 31.0 Å². The number of amides is 1. The number of H-pyrrole nitrogens is 1. The first-order valence-corrected chi connectivity index (χ1v) is 9.20. The Kier molecular flexibility index (Phi) is 4.49. The highest BCUT2D eigenvalue weighted by Gasteiger charge is 2.36. The van der Waals surface area contributed by atoms with Crippen LogP contribution in [0.3, 0.4) is 0 Å². The number of halogens is 1. The van der Waals surface area contributed by atoms with E-state index in [4.69, 9.17) is 17.3 Å². The molecule has 0 unspecified atom stereocenters. The summed E-state index contributed by atoms with van der Waals surface area (Å²) in [6, 6.07) is 6.99. The molecule has 2 aromatic heterocycles. The van der Waals surface area contributed by atoms with Crippen LogP contribution in [0.15, 0.2) is 36.8 Å². The second-order valence-electron chi connectivity index (χ2n) is 7.09. The summed E-state index contributed by atoms with van der Waals surface area (Å²) in [4.78, 5) is 26.5. The fourth-order valence-electron chi connectivity index (χ4n) is 3.56. The van der Waals surface area contributed by atoms with Crippen LogP contribution < -0.4 is 16.0 Å². The number of rotatable bonds is 4. The summed E-state index contributed by atoms with van der Waals surface area (Å²) in [7, 11) is 0. The van der Waals surface area contributed by atoms with Gasteiger partial charge in [-0.15, -0.1) is 0 Å². The number of aromatic nitrogens is 3. The highest BCUT2D eigenvalue weighted by Crippen LogP contribution is 2.30. The lowest BCUT2D eigenvalue weighted by Gasteiger charge is -2.25. The monoisotopic (exact) mass is 384 g/mol. The van der Waals surface area contributed by atoms with Gasteiger partial charge in [0.1, 0.15) is 17.8 Å². The third-order valence-corrected chi connectivity index (χ3v) is 5.38. The third-order valence-electron chi connectivity index (χ3n) is 5.05. The molecule has 0 saturated carbocycles. The topological polar surface area (TPSA) is 99.9 Å². The summed E-state index contributed by atoms with van der Waals surface area (Å²) >= 11 is 6.09. The van der Waals surface area contributed by atoms with Crippen molar-refractivity contribution in [2.75, 3.05) is 24.5 Å². The number of nitrogens with one attached hydrogen (secondary N) is 2. The van der Waals surface area contributed by atoms with Crippen LogP contribution in [0.25, 0.3) is 11.0 Å². The first kappa shape index (κ1) is 17.8. The number of hydrogen-bond acceptors (Lipinski definition) is 5. The van der Waals surface area contributed by atoms with Gasteiger partial charge in [0.15, 0.2) is 0 Å². The van der Waals surface area contributed by atoms with Crippen LogP contribution in [0.1, 0.15) is 22.3 Å². The van der Waals surface area contributed by atoms with Crippen LogP contribution >= 0.6 is 11.6 Å². The van der Waals surface area contributed by atoms with Crippen LogP contribution in [-0.2, 0) is 0 Å². The van der Waals surface area contributed by atoms with E-state index in [9.17, 15) is 4.79 Å².